The molecule has 1 heterocycles. The maximum Gasteiger partial charge on any atom is 0.150 e. The lowest BCUT2D eigenvalue weighted by molar-refractivity contribution is 0.578. The van der Waals surface area contributed by atoms with Gasteiger partial charge in [0.05, 0.1) is 5.69 Å². The molecule has 0 radical (unpaired) electrons. The molecule has 0 saturated heterocycles. The second kappa shape index (κ2) is 3.99. The van der Waals surface area contributed by atoms with Crippen molar-refractivity contribution in [2.45, 2.75) is 25.7 Å². The number of nitrogens with zero attached hydrogens (tertiary/aromatic N) is 1. The molecular formula is C14H13F2N. The van der Waals surface area contributed by atoms with Gasteiger partial charge in [-0.1, -0.05) is 0 Å². The Kier molecular flexibility index (Phi) is 2.46. The number of rotatable bonds is 1. The van der Waals surface area contributed by atoms with Gasteiger partial charge in [0.25, 0.3) is 0 Å². The van der Waals surface area contributed by atoms with E-state index in [1.54, 1.807) is 4.57 Å². The number of fused-ring (bicyclic) bond motifs is 1. The van der Waals surface area contributed by atoms with Crippen molar-refractivity contribution in [2.24, 2.45) is 0 Å². The predicted octanol–water partition coefficient (Wildman–Crippen LogP) is 3.63. The summed E-state index contributed by atoms with van der Waals surface area (Å²) >= 11 is 0. The first-order chi connectivity index (χ1) is 8.24. The van der Waals surface area contributed by atoms with Gasteiger partial charge in [-0.3, -0.25) is 0 Å². The summed E-state index contributed by atoms with van der Waals surface area (Å²) in [7, 11) is 0. The van der Waals surface area contributed by atoms with Gasteiger partial charge in [0.1, 0.15) is 11.6 Å². The maximum atomic E-state index is 13.6. The van der Waals surface area contributed by atoms with Crippen LogP contribution < -0.4 is 0 Å². The first-order valence-electron chi connectivity index (χ1n) is 5.89. The van der Waals surface area contributed by atoms with Gasteiger partial charge in [-0.25, -0.2) is 8.78 Å². The molecule has 0 N–H and O–H groups in total. The fraction of sp³-hybridized carbons (Fsp3) is 0.286. The largest absolute Gasteiger partial charge is 0.321 e. The zero-order valence-electron chi connectivity index (χ0n) is 9.42. The third-order valence-electron chi connectivity index (χ3n) is 3.33. The fourth-order valence-corrected chi connectivity index (χ4v) is 2.45. The molecule has 1 aliphatic carbocycles. The minimum absolute atomic E-state index is 0.417. The normalized spacial score (nSPS) is 14.7. The van der Waals surface area contributed by atoms with Crippen molar-refractivity contribution in [3.05, 3.63) is 53.4 Å². The maximum absolute atomic E-state index is 13.6. The van der Waals surface area contributed by atoms with Crippen LogP contribution in [0.5, 0.6) is 0 Å². The van der Waals surface area contributed by atoms with E-state index in [1.807, 2.05) is 12.4 Å². The first-order valence-corrected chi connectivity index (χ1v) is 5.89. The highest BCUT2D eigenvalue weighted by Gasteiger charge is 2.14. The van der Waals surface area contributed by atoms with Gasteiger partial charge in [-0.15, -0.1) is 0 Å². The molecule has 0 amide bonds. The summed E-state index contributed by atoms with van der Waals surface area (Å²) in [5.41, 5.74) is 3.00. The van der Waals surface area contributed by atoms with E-state index in [0.717, 1.165) is 18.9 Å². The Balaban J connectivity index is 2.06. The van der Waals surface area contributed by atoms with Crippen molar-refractivity contribution in [2.75, 3.05) is 0 Å². The molecule has 0 bridgehead atoms. The van der Waals surface area contributed by atoms with Crippen LogP contribution in [-0.2, 0) is 12.8 Å². The van der Waals surface area contributed by atoms with Gasteiger partial charge in [0, 0.05) is 18.5 Å². The van der Waals surface area contributed by atoms with Gasteiger partial charge in [-0.05, 0) is 48.9 Å². The van der Waals surface area contributed by atoms with Crippen LogP contribution in [0, 0.1) is 11.6 Å². The average Bonchev–Trinajstić information content (AvgIpc) is 2.72. The van der Waals surface area contributed by atoms with Gasteiger partial charge in [0.2, 0.25) is 0 Å². The van der Waals surface area contributed by atoms with Gasteiger partial charge < -0.3 is 4.57 Å². The van der Waals surface area contributed by atoms with E-state index in [1.165, 1.54) is 36.1 Å². The summed E-state index contributed by atoms with van der Waals surface area (Å²) in [5, 5.41) is 0. The van der Waals surface area contributed by atoms with Crippen LogP contribution in [0.3, 0.4) is 0 Å². The van der Waals surface area contributed by atoms with Crippen molar-refractivity contribution in [3.8, 4) is 5.69 Å². The third-order valence-corrected chi connectivity index (χ3v) is 3.33. The molecule has 1 aromatic heterocycles. The highest BCUT2D eigenvalue weighted by molar-refractivity contribution is 5.39. The van der Waals surface area contributed by atoms with Crippen molar-refractivity contribution < 1.29 is 8.78 Å². The summed E-state index contributed by atoms with van der Waals surface area (Å²) in [6.07, 6.45) is 8.44. The van der Waals surface area contributed by atoms with Crippen molar-refractivity contribution in [1.29, 1.82) is 0 Å². The molecule has 1 aliphatic rings. The minimum atomic E-state index is -0.539. The molecule has 0 atom stereocenters. The van der Waals surface area contributed by atoms with E-state index in [2.05, 4.69) is 0 Å². The van der Waals surface area contributed by atoms with E-state index in [0.29, 0.717) is 5.69 Å². The van der Waals surface area contributed by atoms with Crippen LogP contribution in [0.4, 0.5) is 8.78 Å². The van der Waals surface area contributed by atoms with Gasteiger partial charge >= 0.3 is 0 Å². The number of aryl methyl sites for hydroxylation is 2. The fourth-order valence-electron chi connectivity index (χ4n) is 2.45. The van der Waals surface area contributed by atoms with Gasteiger partial charge in [-0.2, -0.15) is 0 Å². The monoisotopic (exact) mass is 233 g/mol. The Morgan fingerprint density at radius 2 is 1.59 bits per heavy atom. The first kappa shape index (κ1) is 10.5. The predicted molar refractivity (Wildman–Crippen MR) is 62.3 cm³/mol. The summed E-state index contributed by atoms with van der Waals surface area (Å²) in [5.74, 6) is -1.06. The molecule has 0 saturated carbocycles. The van der Waals surface area contributed by atoms with Crippen LogP contribution in [0.15, 0.2) is 30.6 Å². The zero-order valence-corrected chi connectivity index (χ0v) is 9.42. The smallest absolute Gasteiger partial charge is 0.150 e. The highest BCUT2D eigenvalue weighted by Crippen LogP contribution is 2.25. The van der Waals surface area contributed by atoms with Crippen LogP contribution in [-0.4, -0.2) is 4.57 Å². The number of halogens is 2. The molecule has 2 aromatic rings. The van der Waals surface area contributed by atoms with Crippen LogP contribution in [0.25, 0.3) is 5.69 Å². The molecule has 17 heavy (non-hydrogen) atoms. The number of benzene rings is 1. The van der Waals surface area contributed by atoms with Crippen LogP contribution in [0.2, 0.25) is 0 Å². The topological polar surface area (TPSA) is 4.93 Å². The minimum Gasteiger partial charge on any atom is -0.321 e. The molecule has 0 fully saturated rings. The number of hydrogen-bond donors (Lipinski definition) is 0. The highest BCUT2D eigenvalue weighted by atomic mass is 19.1. The molecule has 0 spiro atoms. The zero-order chi connectivity index (χ0) is 11.8. The second-order valence-electron chi connectivity index (χ2n) is 4.52. The van der Waals surface area contributed by atoms with E-state index in [9.17, 15) is 8.78 Å². The van der Waals surface area contributed by atoms with E-state index >= 15 is 0 Å². The van der Waals surface area contributed by atoms with Crippen LogP contribution >= 0.6 is 0 Å². The van der Waals surface area contributed by atoms with Gasteiger partial charge in [0.15, 0.2) is 0 Å². The molecule has 3 rings (SSSR count). The van der Waals surface area contributed by atoms with Crippen molar-refractivity contribution in [3.63, 3.8) is 0 Å². The standard InChI is InChI=1S/C14H13F2N/c15-12-5-6-14(13(16)7-12)17-8-10-3-1-2-4-11(10)9-17/h5-9H,1-4H2. The Morgan fingerprint density at radius 1 is 0.941 bits per heavy atom. The Morgan fingerprint density at radius 3 is 2.18 bits per heavy atom. The Bertz CT molecular complexity index is 534. The summed E-state index contributed by atoms with van der Waals surface area (Å²) in [4.78, 5) is 0. The lowest BCUT2D eigenvalue weighted by atomic mass is 9.96. The van der Waals surface area contributed by atoms with E-state index in [4.69, 9.17) is 0 Å². The Labute approximate surface area is 98.7 Å². The van der Waals surface area contributed by atoms with Crippen molar-refractivity contribution in [1.82, 2.24) is 4.57 Å². The summed E-state index contributed by atoms with van der Waals surface area (Å²) in [6, 6.07) is 3.70. The molecular weight excluding hydrogens is 220 g/mol. The summed E-state index contributed by atoms with van der Waals surface area (Å²) in [6.45, 7) is 0. The summed E-state index contributed by atoms with van der Waals surface area (Å²) < 4.78 is 28.2. The molecule has 3 heteroatoms. The SMILES string of the molecule is Fc1ccc(-n2cc3c(c2)CCCC3)c(F)c1. The van der Waals surface area contributed by atoms with E-state index in [-0.39, 0.29) is 0 Å². The molecule has 0 unspecified atom stereocenters. The molecule has 0 aliphatic heterocycles. The molecule has 1 aromatic carbocycles. The van der Waals surface area contributed by atoms with Crippen molar-refractivity contribution >= 4 is 0 Å². The molecule has 1 nitrogen and oxygen atoms in total. The van der Waals surface area contributed by atoms with Crippen LogP contribution in [0.1, 0.15) is 24.0 Å². The number of hydrogen-bond acceptors (Lipinski definition) is 0. The lowest BCUT2D eigenvalue weighted by Gasteiger charge is -2.08. The quantitative estimate of drug-likeness (QED) is 0.708. The Hall–Kier alpha value is -1.64. The second-order valence-corrected chi connectivity index (χ2v) is 4.52. The lowest BCUT2D eigenvalue weighted by Crippen LogP contribution is -1.97. The average molecular weight is 233 g/mol. The number of aromatic nitrogens is 1. The third kappa shape index (κ3) is 1.86. The molecule has 88 valence electrons. The van der Waals surface area contributed by atoms with E-state index < -0.39 is 11.6 Å².